The second-order valence-electron chi connectivity index (χ2n) is 16.3. The van der Waals surface area contributed by atoms with Crippen LogP contribution in [-0.4, -0.2) is 34.2 Å². The number of carboxylic acid groups (broad SMARTS) is 2. The Morgan fingerprint density at radius 3 is 2.15 bits per heavy atom. The normalized spacial score (nSPS) is 46.3. The van der Waals surface area contributed by atoms with Crippen LogP contribution >= 0.6 is 0 Å². The molecule has 7 heteroatoms. The monoisotopic (exact) mass is 579 g/mol. The van der Waals surface area contributed by atoms with Crippen LogP contribution in [0.3, 0.4) is 0 Å². The first kappa shape index (κ1) is 33.1. The number of fused-ring (bicyclic) bond motifs is 7. The number of carboxylic acids is 2. The van der Waals surface area contributed by atoms with Crippen LogP contribution in [0.2, 0.25) is 0 Å². The Hall–Kier alpha value is -0.850. The molecule has 4 saturated carbocycles. The molecule has 0 aromatic rings. The number of ether oxygens (including phenoxy) is 1. The maximum atomic E-state index is 12.5. The topological polar surface area (TPSA) is 101 Å². The smallest absolute Gasteiger partial charge is 0.481 e. The van der Waals surface area contributed by atoms with E-state index in [2.05, 4.69) is 47.6 Å². The van der Waals surface area contributed by atoms with Crippen molar-refractivity contribution in [3.05, 3.63) is 11.6 Å². The number of esters is 1. The van der Waals surface area contributed by atoms with Crippen LogP contribution in [0.25, 0.3) is 0 Å². The zero-order chi connectivity index (χ0) is 29.5. The van der Waals surface area contributed by atoms with Crippen LogP contribution in [0.1, 0.15) is 126 Å². The summed E-state index contributed by atoms with van der Waals surface area (Å²) in [7, 11) is 0. The fourth-order valence-electron chi connectivity index (χ4n) is 11.2. The van der Waals surface area contributed by atoms with E-state index >= 15 is 0 Å². The minimum Gasteiger partial charge on any atom is -0.481 e. The van der Waals surface area contributed by atoms with Crippen LogP contribution in [0.4, 0.5) is 0 Å². The molecule has 0 spiro atoms. The predicted molar refractivity (Wildman–Crippen MR) is 153 cm³/mol. The van der Waals surface area contributed by atoms with Gasteiger partial charge in [-0.25, -0.2) is 0 Å². The third kappa shape index (κ3) is 4.89. The SMILES string of the molecule is CC1(C)[C@@H](OC(=O)CCC(=O)O)CC[C@]2(C)C3=CC[C@@H]4[C@@H]5C[C@@](C)(C(=O)O)CC[C@]5(C)CC[C@@]4(C)[C@]3(C)CC[C@@H]12.[Na+]. The summed E-state index contributed by atoms with van der Waals surface area (Å²) >= 11 is 0. The summed E-state index contributed by atoms with van der Waals surface area (Å²) in [5.74, 6) is -0.695. The van der Waals surface area contributed by atoms with E-state index < -0.39 is 23.3 Å². The maximum Gasteiger partial charge on any atom is 1.00 e. The number of hydrogen-bond acceptors (Lipinski definition) is 4. The molecule has 0 amide bonds. The Morgan fingerprint density at radius 2 is 1.51 bits per heavy atom. The van der Waals surface area contributed by atoms with E-state index in [1.807, 2.05) is 6.92 Å². The van der Waals surface area contributed by atoms with Crippen LogP contribution in [0.15, 0.2) is 11.6 Å². The van der Waals surface area contributed by atoms with Gasteiger partial charge >= 0.3 is 47.5 Å². The van der Waals surface area contributed by atoms with Gasteiger partial charge in [0.05, 0.1) is 18.3 Å². The molecule has 0 aromatic heterocycles. The number of hydrogen-bond donors (Lipinski definition) is 2. The molecule has 4 fully saturated rings. The molecule has 0 heterocycles. The van der Waals surface area contributed by atoms with Gasteiger partial charge in [-0.15, -0.1) is 0 Å². The van der Waals surface area contributed by atoms with E-state index in [9.17, 15) is 19.5 Å². The molecule has 5 rings (SSSR count). The molecule has 0 bridgehead atoms. The van der Waals surface area contributed by atoms with E-state index in [0.717, 1.165) is 51.4 Å². The van der Waals surface area contributed by atoms with E-state index in [-0.39, 0.29) is 75.6 Å². The van der Waals surface area contributed by atoms with Crippen molar-refractivity contribution in [1.82, 2.24) is 0 Å². The minimum absolute atomic E-state index is 0. The van der Waals surface area contributed by atoms with Gasteiger partial charge in [0.25, 0.3) is 0 Å². The van der Waals surface area contributed by atoms with Crippen molar-refractivity contribution in [3.63, 3.8) is 0 Å². The molecule has 5 aliphatic carbocycles. The quantitative estimate of drug-likeness (QED) is 0.279. The van der Waals surface area contributed by atoms with E-state index in [1.54, 1.807) is 5.57 Å². The molecule has 9 atom stereocenters. The van der Waals surface area contributed by atoms with Gasteiger partial charge in [-0.2, -0.15) is 0 Å². The minimum atomic E-state index is -0.973. The summed E-state index contributed by atoms with van der Waals surface area (Å²) < 4.78 is 5.96. The third-order valence-electron chi connectivity index (χ3n) is 14.1. The van der Waals surface area contributed by atoms with Gasteiger partial charge in [0.1, 0.15) is 6.10 Å². The van der Waals surface area contributed by atoms with Crippen molar-refractivity contribution >= 4 is 17.9 Å². The van der Waals surface area contributed by atoms with E-state index in [4.69, 9.17) is 9.84 Å². The van der Waals surface area contributed by atoms with Gasteiger partial charge in [0, 0.05) is 5.41 Å². The third-order valence-corrected chi connectivity index (χ3v) is 14.1. The van der Waals surface area contributed by atoms with Crippen molar-refractivity contribution in [2.45, 2.75) is 132 Å². The summed E-state index contributed by atoms with van der Waals surface area (Å²) in [6.07, 6.45) is 12.1. The number of carbonyl (C=O) groups excluding carboxylic acids is 1. The molecule has 0 aromatic carbocycles. The molecule has 0 saturated heterocycles. The molecular formula is C34H52NaO6+. The van der Waals surface area contributed by atoms with Crippen molar-refractivity contribution < 1.29 is 58.9 Å². The Morgan fingerprint density at radius 1 is 0.854 bits per heavy atom. The van der Waals surface area contributed by atoms with Gasteiger partial charge in [-0.1, -0.05) is 53.2 Å². The molecule has 0 radical (unpaired) electrons. The fourth-order valence-corrected chi connectivity index (χ4v) is 11.2. The number of rotatable bonds is 5. The first-order valence-electron chi connectivity index (χ1n) is 15.8. The van der Waals surface area contributed by atoms with Crippen molar-refractivity contribution in [3.8, 4) is 0 Å². The first-order chi connectivity index (χ1) is 18.4. The summed E-state index contributed by atoms with van der Waals surface area (Å²) in [6, 6.07) is 0. The van der Waals surface area contributed by atoms with Crippen LogP contribution < -0.4 is 29.6 Å². The average molecular weight is 580 g/mol. The van der Waals surface area contributed by atoms with Gasteiger partial charge in [-0.05, 0) is 111 Å². The second kappa shape index (κ2) is 10.6. The van der Waals surface area contributed by atoms with Crippen LogP contribution in [0, 0.1) is 50.2 Å². The molecule has 2 N–H and O–H groups in total. The molecule has 6 nitrogen and oxygen atoms in total. The molecule has 5 aliphatic rings. The number of allylic oxidation sites excluding steroid dienone is 2. The summed E-state index contributed by atoms with van der Waals surface area (Å²) in [5, 5.41) is 19.1. The summed E-state index contributed by atoms with van der Waals surface area (Å²) in [5.41, 5.74) is 1.24. The molecule has 41 heavy (non-hydrogen) atoms. The van der Waals surface area contributed by atoms with Gasteiger partial charge in [0.2, 0.25) is 0 Å². The summed E-state index contributed by atoms with van der Waals surface area (Å²) in [4.78, 5) is 35.8. The van der Waals surface area contributed by atoms with E-state index in [1.165, 1.54) is 12.8 Å². The Kier molecular flexibility index (Phi) is 8.58. The maximum absolute atomic E-state index is 12.5. The predicted octanol–water partition coefficient (Wildman–Crippen LogP) is 4.65. The van der Waals surface area contributed by atoms with Gasteiger partial charge in [-0.3, -0.25) is 14.4 Å². The first-order valence-corrected chi connectivity index (χ1v) is 15.8. The molecule has 0 aliphatic heterocycles. The Balaban J connectivity index is 0.00000387. The molecular weight excluding hydrogens is 527 g/mol. The fraction of sp³-hybridized carbons (Fsp3) is 0.853. The molecule has 224 valence electrons. The van der Waals surface area contributed by atoms with Gasteiger partial charge < -0.3 is 14.9 Å². The van der Waals surface area contributed by atoms with Crippen molar-refractivity contribution in [1.29, 1.82) is 0 Å². The summed E-state index contributed by atoms with van der Waals surface area (Å²) in [6.45, 7) is 16.5. The van der Waals surface area contributed by atoms with Crippen LogP contribution in [-0.2, 0) is 19.1 Å². The number of aliphatic carboxylic acids is 2. The van der Waals surface area contributed by atoms with Crippen LogP contribution in [0.5, 0.6) is 0 Å². The van der Waals surface area contributed by atoms with Crippen molar-refractivity contribution in [2.24, 2.45) is 50.2 Å². The average Bonchev–Trinajstić information content (AvgIpc) is 2.86. The second-order valence-corrected chi connectivity index (χ2v) is 16.3. The largest absolute Gasteiger partial charge is 1.00 e. The Labute approximate surface area is 269 Å². The standard InChI is InChI=1S/C34H52O6.Na/c1-29(2)23-12-15-34(7)24(32(23,5)14-13-25(29)40-27(37)11-10-26(35)36)9-8-21-22-20-31(4,28(38)39)17-16-30(22,3)18-19-33(21,34)6;/h9,21-23,25H,8,10-20H2,1-7H3,(H,35,36)(H,38,39);/q;+1/t21-,22+,23+,25+,30-,31+,32+,33-,34-;/m1./s1. The molecule has 0 unspecified atom stereocenters. The zero-order valence-electron chi connectivity index (χ0n) is 26.9. The number of carbonyl (C=O) groups is 3. The zero-order valence-corrected chi connectivity index (χ0v) is 28.9. The Bertz CT molecular complexity index is 1130. The van der Waals surface area contributed by atoms with Gasteiger partial charge in [0.15, 0.2) is 0 Å². The van der Waals surface area contributed by atoms with Crippen molar-refractivity contribution in [2.75, 3.05) is 0 Å². The van der Waals surface area contributed by atoms with E-state index in [0.29, 0.717) is 17.8 Å².